The molecule has 7 nitrogen and oxygen atoms in total. The fourth-order valence-corrected chi connectivity index (χ4v) is 2.81. The van der Waals surface area contributed by atoms with Crippen LogP contribution in [-0.4, -0.2) is 45.8 Å². The van der Waals surface area contributed by atoms with E-state index in [2.05, 4.69) is 4.72 Å². The lowest BCUT2D eigenvalue weighted by molar-refractivity contribution is -0.116. The Labute approximate surface area is 154 Å². The normalized spacial score (nSPS) is 11.4. The second-order valence-corrected chi connectivity index (χ2v) is 7.73. The highest BCUT2D eigenvalue weighted by molar-refractivity contribution is 7.87. The minimum Gasteiger partial charge on any atom is -0.457 e. The molecule has 0 saturated heterocycles. The maximum atomic E-state index is 11.9. The van der Waals surface area contributed by atoms with Gasteiger partial charge in [-0.1, -0.05) is 18.2 Å². The van der Waals surface area contributed by atoms with Crippen LogP contribution in [-0.2, 0) is 15.0 Å². The molecule has 0 aromatic heterocycles. The predicted molar refractivity (Wildman–Crippen MR) is 102 cm³/mol. The second kappa shape index (κ2) is 8.79. The summed E-state index contributed by atoms with van der Waals surface area (Å²) in [7, 11) is -0.636. The van der Waals surface area contributed by atoms with Crippen LogP contribution in [0.25, 0.3) is 0 Å². The van der Waals surface area contributed by atoms with Crippen molar-refractivity contribution in [3.8, 4) is 11.5 Å². The number of anilines is 1. The van der Waals surface area contributed by atoms with Crippen LogP contribution in [0, 0.1) is 0 Å². The number of hydrogen-bond donors (Lipinski definition) is 1. The van der Waals surface area contributed by atoms with Crippen molar-refractivity contribution in [2.75, 3.05) is 32.1 Å². The molecule has 0 saturated carbocycles. The summed E-state index contributed by atoms with van der Waals surface area (Å²) in [6, 6.07) is 16.4. The molecule has 2 rings (SSSR count). The Morgan fingerprint density at radius 2 is 1.58 bits per heavy atom. The van der Waals surface area contributed by atoms with E-state index in [4.69, 9.17) is 4.74 Å². The summed E-state index contributed by atoms with van der Waals surface area (Å²) in [5.41, 5.74) is 0.668. The van der Waals surface area contributed by atoms with Crippen molar-refractivity contribution in [1.29, 1.82) is 0 Å². The number of nitrogens with zero attached hydrogens (tertiary/aromatic N) is 2. The molecule has 0 fully saturated rings. The second-order valence-electron chi connectivity index (χ2n) is 5.76. The third-order valence-corrected chi connectivity index (χ3v) is 5.14. The van der Waals surface area contributed by atoms with E-state index in [1.807, 2.05) is 30.3 Å². The van der Waals surface area contributed by atoms with E-state index in [1.165, 1.54) is 25.9 Å². The molecule has 2 aromatic rings. The van der Waals surface area contributed by atoms with Crippen molar-refractivity contribution in [1.82, 2.24) is 9.03 Å². The Morgan fingerprint density at radius 1 is 1.00 bits per heavy atom. The SMILES string of the molecule is CC(=O)N(CCNS(=O)(=O)N(C)C)c1ccc(Oc2ccccc2)cc1. The van der Waals surface area contributed by atoms with Gasteiger partial charge in [0.25, 0.3) is 10.2 Å². The summed E-state index contributed by atoms with van der Waals surface area (Å²) in [4.78, 5) is 13.4. The van der Waals surface area contributed by atoms with Gasteiger partial charge in [-0.2, -0.15) is 12.7 Å². The minimum absolute atomic E-state index is 0.113. The average molecular weight is 377 g/mol. The van der Waals surface area contributed by atoms with Gasteiger partial charge in [-0.15, -0.1) is 0 Å². The number of carbonyl (C=O) groups is 1. The predicted octanol–water partition coefficient (Wildman–Crippen LogP) is 2.23. The molecule has 1 N–H and O–H groups in total. The summed E-state index contributed by atoms with van der Waals surface area (Å²) in [5.74, 6) is 1.20. The molecule has 140 valence electrons. The molecule has 0 heterocycles. The topological polar surface area (TPSA) is 79.0 Å². The fourth-order valence-electron chi connectivity index (χ4n) is 2.20. The molecule has 0 aliphatic rings. The molecule has 0 radical (unpaired) electrons. The number of benzene rings is 2. The Bertz CT molecular complexity index is 821. The molecule has 1 amide bonds. The maximum absolute atomic E-state index is 11.9. The molecule has 26 heavy (non-hydrogen) atoms. The van der Waals surface area contributed by atoms with Crippen molar-refractivity contribution in [2.45, 2.75) is 6.92 Å². The number of amides is 1. The van der Waals surface area contributed by atoms with E-state index in [0.717, 1.165) is 10.1 Å². The number of rotatable bonds is 8. The molecule has 0 unspecified atom stereocenters. The number of para-hydroxylation sites is 1. The van der Waals surface area contributed by atoms with Gasteiger partial charge in [0.15, 0.2) is 0 Å². The number of carbonyl (C=O) groups excluding carboxylic acids is 1. The molecule has 0 aliphatic heterocycles. The zero-order valence-electron chi connectivity index (χ0n) is 15.0. The van der Waals surface area contributed by atoms with Gasteiger partial charge >= 0.3 is 0 Å². The van der Waals surface area contributed by atoms with Crippen LogP contribution in [0.15, 0.2) is 54.6 Å². The molecule has 0 aliphatic carbocycles. The molecular weight excluding hydrogens is 354 g/mol. The van der Waals surface area contributed by atoms with E-state index in [9.17, 15) is 13.2 Å². The lowest BCUT2D eigenvalue weighted by Gasteiger charge is -2.22. The van der Waals surface area contributed by atoms with E-state index < -0.39 is 10.2 Å². The van der Waals surface area contributed by atoms with E-state index in [-0.39, 0.29) is 19.0 Å². The first-order valence-corrected chi connectivity index (χ1v) is 9.52. The Kier molecular flexibility index (Phi) is 6.73. The molecule has 0 atom stereocenters. The molecule has 0 bridgehead atoms. The quantitative estimate of drug-likeness (QED) is 0.765. The number of ether oxygens (including phenoxy) is 1. The zero-order chi connectivity index (χ0) is 19.2. The molecule has 8 heteroatoms. The van der Waals surface area contributed by atoms with Gasteiger partial charge in [0.05, 0.1) is 0 Å². The largest absolute Gasteiger partial charge is 0.457 e. The van der Waals surface area contributed by atoms with Crippen LogP contribution >= 0.6 is 0 Å². The summed E-state index contributed by atoms with van der Waals surface area (Å²) >= 11 is 0. The van der Waals surface area contributed by atoms with E-state index in [1.54, 1.807) is 24.3 Å². The van der Waals surface area contributed by atoms with Crippen LogP contribution in [0.4, 0.5) is 5.69 Å². The lowest BCUT2D eigenvalue weighted by atomic mass is 10.2. The zero-order valence-corrected chi connectivity index (χ0v) is 15.9. The van der Waals surface area contributed by atoms with E-state index >= 15 is 0 Å². The highest BCUT2D eigenvalue weighted by atomic mass is 32.2. The first-order chi connectivity index (χ1) is 12.3. The van der Waals surface area contributed by atoms with E-state index in [0.29, 0.717) is 11.4 Å². The summed E-state index contributed by atoms with van der Waals surface area (Å²) in [6.07, 6.45) is 0. The van der Waals surface area contributed by atoms with Crippen LogP contribution in [0.2, 0.25) is 0 Å². The fraction of sp³-hybridized carbons (Fsp3) is 0.278. The highest BCUT2D eigenvalue weighted by Crippen LogP contribution is 2.24. The van der Waals surface area contributed by atoms with Gasteiger partial charge < -0.3 is 9.64 Å². The van der Waals surface area contributed by atoms with Crippen LogP contribution in [0.5, 0.6) is 11.5 Å². The monoisotopic (exact) mass is 377 g/mol. The lowest BCUT2D eigenvalue weighted by Crippen LogP contribution is -2.41. The summed E-state index contributed by atoms with van der Waals surface area (Å²) in [5, 5.41) is 0. The standard InChI is InChI=1S/C18H23N3O4S/c1-15(22)21(14-13-19-26(23,24)20(2)3)16-9-11-18(12-10-16)25-17-7-5-4-6-8-17/h4-12,19H,13-14H2,1-3H3. The maximum Gasteiger partial charge on any atom is 0.278 e. The van der Waals surface area contributed by atoms with Gasteiger partial charge in [0, 0.05) is 39.8 Å². The summed E-state index contributed by atoms with van der Waals surface area (Å²) < 4.78 is 32.7. The van der Waals surface area contributed by atoms with Crippen molar-refractivity contribution in [2.24, 2.45) is 0 Å². The number of hydrogen-bond acceptors (Lipinski definition) is 4. The van der Waals surface area contributed by atoms with Crippen molar-refractivity contribution in [3.63, 3.8) is 0 Å². The molecule has 0 spiro atoms. The smallest absolute Gasteiger partial charge is 0.278 e. The number of nitrogens with one attached hydrogen (secondary N) is 1. The first-order valence-electron chi connectivity index (χ1n) is 8.08. The average Bonchev–Trinajstić information content (AvgIpc) is 2.60. The Morgan fingerprint density at radius 3 is 2.12 bits per heavy atom. The van der Waals surface area contributed by atoms with Crippen molar-refractivity contribution in [3.05, 3.63) is 54.6 Å². The Balaban J connectivity index is 2.02. The van der Waals surface area contributed by atoms with Crippen LogP contribution in [0.1, 0.15) is 6.92 Å². The van der Waals surface area contributed by atoms with Crippen LogP contribution in [0.3, 0.4) is 0 Å². The highest BCUT2D eigenvalue weighted by Gasteiger charge is 2.15. The third kappa shape index (κ3) is 5.55. The van der Waals surface area contributed by atoms with Crippen LogP contribution < -0.4 is 14.4 Å². The van der Waals surface area contributed by atoms with Gasteiger partial charge in [0.2, 0.25) is 5.91 Å². The first kappa shape index (κ1) is 19.9. The minimum atomic E-state index is -3.52. The van der Waals surface area contributed by atoms with Gasteiger partial charge in [-0.25, -0.2) is 4.72 Å². The van der Waals surface area contributed by atoms with Gasteiger partial charge in [-0.3, -0.25) is 4.79 Å². The summed E-state index contributed by atoms with van der Waals surface area (Å²) in [6.45, 7) is 1.78. The van der Waals surface area contributed by atoms with Crippen molar-refractivity contribution < 1.29 is 17.9 Å². The van der Waals surface area contributed by atoms with Gasteiger partial charge in [0.1, 0.15) is 11.5 Å². The third-order valence-electron chi connectivity index (χ3n) is 3.61. The molecule has 2 aromatic carbocycles. The Hall–Kier alpha value is -2.42. The van der Waals surface area contributed by atoms with Crippen molar-refractivity contribution >= 4 is 21.8 Å². The van der Waals surface area contributed by atoms with Gasteiger partial charge in [-0.05, 0) is 36.4 Å². The molecular formula is C18H23N3O4S.